The summed E-state index contributed by atoms with van der Waals surface area (Å²) in [6, 6.07) is 7.23. The van der Waals surface area contributed by atoms with E-state index < -0.39 is 0 Å². The minimum atomic E-state index is -0.163. The lowest BCUT2D eigenvalue weighted by atomic mass is 9.61. The largest absolute Gasteiger partial charge is 0.371 e. The predicted molar refractivity (Wildman–Crippen MR) is 87.9 cm³/mol. The Labute approximate surface area is 128 Å². The van der Waals surface area contributed by atoms with E-state index in [1.54, 1.807) is 12.1 Å². The zero-order valence-corrected chi connectivity index (χ0v) is 13.8. The Morgan fingerprint density at radius 3 is 2.67 bits per heavy atom. The SMILES string of the molecule is CCN(CC1CCC(N)C(C)C1(C)C)c1cccc(F)c1. The molecule has 1 aromatic carbocycles. The van der Waals surface area contributed by atoms with Crippen LogP contribution in [0.15, 0.2) is 24.3 Å². The van der Waals surface area contributed by atoms with Crippen LogP contribution in [0.2, 0.25) is 0 Å². The summed E-state index contributed by atoms with van der Waals surface area (Å²) in [6.45, 7) is 11.0. The normalized spacial score (nSPS) is 28.4. The average molecular weight is 292 g/mol. The van der Waals surface area contributed by atoms with Crippen LogP contribution in [-0.2, 0) is 0 Å². The van der Waals surface area contributed by atoms with Gasteiger partial charge in [-0.2, -0.15) is 0 Å². The Balaban J connectivity index is 2.15. The Hall–Kier alpha value is -1.09. The van der Waals surface area contributed by atoms with Gasteiger partial charge in [0.1, 0.15) is 5.82 Å². The van der Waals surface area contributed by atoms with Gasteiger partial charge in [-0.3, -0.25) is 0 Å². The molecule has 3 unspecified atom stereocenters. The van der Waals surface area contributed by atoms with Crippen molar-refractivity contribution < 1.29 is 4.39 Å². The fourth-order valence-corrected chi connectivity index (χ4v) is 3.62. The Morgan fingerprint density at radius 1 is 1.33 bits per heavy atom. The molecular weight excluding hydrogens is 263 g/mol. The van der Waals surface area contributed by atoms with Gasteiger partial charge in [0, 0.05) is 24.8 Å². The number of nitrogens with zero attached hydrogens (tertiary/aromatic N) is 1. The second kappa shape index (κ2) is 6.35. The van der Waals surface area contributed by atoms with Crippen molar-refractivity contribution in [2.24, 2.45) is 23.0 Å². The second-order valence-electron chi connectivity index (χ2n) is 7.07. The summed E-state index contributed by atoms with van der Waals surface area (Å²) in [4.78, 5) is 2.29. The Kier molecular flexibility index (Phi) is 4.92. The van der Waals surface area contributed by atoms with Gasteiger partial charge in [-0.05, 0) is 55.2 Å². The summed E-state index contributed by atoms with van der Waals surface area (Å²) in [5.74, 6) is 0.947. The van der Waals surface area contributed by atoms with E-state index in [2.05, 4.69) is 32.6 Å². The van der Waals surface area contributed by atoms with Crippen molar-refractivity contribution in [2.45, 2.75) is 46.6 Å². The number of halogens is 1. The molecule has 0 spiro atoms. The molecule has 2 rings (SSSR count). The highest BCUT2D eigenvalue weighted by Crippen LogP contribution is 2.44. The molecule has 1 aliphatic carbocycles. The van der Waals surface area contributed by atoms with Gasteiger partial charge in [0.25, 0.3) is 0 Å². The maximum absolute atomic E-state index is 13.5. The Morgan fingerprint density at radius 2 is 2.05 bits per heavy atom. The van der Waals surface area contributed by atoms with Gasteiger partial charge in [0.05, 0.1) is 0 Å². The van der Waals surface area contributed by atoms with Crippen LogP contribution in [0.25, 0.3) is 0 Å². The molecular formula is C18H29FN2. The van der Waals surface area contributed by atoms with Gasteiger partial charge in [0.2, 0.25) is 0 Å². The van der Waals surface area contributed by atoms with Crippen LogP contribution in [0.3, 0.4) is 0 Å². The predicted octanol–water partition coefficient (Wildman–Crippen LogP) is 4.05. The molecule has 3 heteroatoms. The first-order valence-corrected chi connectivity index (χ1v) is 8.12. The number of hydrogen-bond donors (Lipinski definition) is 1. The molecule has 1 aromatic rings. The fraction of sp³-hybridized carbons (Fsp3) is 0.667. The average Bonchev–Trinajstić information content (AvgIpc) is 2.44. The number of benzene rings is 1. The van der Waals surface area contributed by atoms with E-state index in [0.29, 0.717) is 17.9 Å². The van der Waals surface area contributed by atoms with Crippen LogP contribution >= 0.6 is 0 Å². The second-order valence-corrected chi connectivity index (χ2v) is 7.07. The maximum Gasteiger partial charge on any atom is 0.125 e. The molecule has 1 saturated carbocycles. The minimum absolute atomic E-state index is 0.163. The van der Waals surface area contributed by atoms with Crippen LogP contribution < -0.4 is 10.6 Å². The van der Waals surface area contributed by atoms with Crippen LogP contribution in [0.1, 0.15) is 40.5 Å². The first-order valence-electron chi connectivity index (χ1n) is 8.12. The molecule has 3 atom stereocenters. The molecule has 0 saturated heterocycles. The van der Waals surface area contributed by atoms with E-state index in [1.807, 2.05) is 6.07 Å². The summed E-state index contributed by atoms with van der Waals surface area (Å²) < 4.78 is 13.5. The molecule has 2 nitrogen and oxygen atoms in total. The van der Waals surface area contributed by atoms with Gasteiger partial charge in [-0.1, -0.05) is 26.8 Å². The van der Waals surface area contributed by atoms with Crippen LogP contribution in [0.5, 0.6) is 0 Å². The summed E-state index contributed by atoms with van der Waals surface area (Å²) >= 11 is 0. The molecule has 1 aliphatic rings. The third kappa shape index (κ3) is 3.39. The van der Waals surface area contributed by atoms with Crippen molar-refractivity contribution in [2.75, 3.05) is 18.0 Å². The van der Waals surface area contributed by atoms with E-state index >= 15 is 0 Å². The van der Waals surface area contributed by atoms with Gasteiger partial charge in [0.15, 0.2) is 0 Å². The third-order valence-electron chi connectivity index (χ3n) is 5.71. The zero-order valence-electron chi connectivity index (χ0n) is 13.8. The fourth-order valence-electron chi connectivity index (χ4n) is 3.62. The summed E-state index contributed by atoms with van der Waals surface area (Å²) in [7, 11) is 0. The van der Waals surface area contributed by atoms with Gasteiger partial charge >= 0.3 is 0 Å². The molecule has 0 aromatic heterocycles. The van der Waals surface area contributed by atoms with Crippen molar-refractivity contribution in [3.63, 3.8) is 0 Å². The van der Waals surface area contributed by atoms with Crippen LogP contribution in [0.4, 0.5) is 10.1 Å². The van der Waals surface area contributed by atoms with Gasteiger partial charge in [-0.25, -0.2) is 4.39 Å². The van der Waals surface area contributed by atoms with Crippen LogP contribution in [-0.4, -0.2) is 19.1 Å². The third-order valence-corrected chi connectivity index (χ3v) is 5.71. The van der Waals surface area contributed by atoms with Crippen LogP contribution in [0, 0.1) is 23.1 Å². The monoisotopic (exact) mass is 292 g/mol. The number of anilines is 1. The number of hydrogen-bond acceptors (Lipinski definition) is 2. The van der Waals surface area contributed by atoms with Crippen molar-refractivity contribution in [1.82, 2.24) is 0 Å². The standard InChI is InChI=1S/C18H29FN2/c1-5-21(16-8-6-7-15(19)11-16)12-14-9-10-17(20)13(2)18(14,3)4/h6-8,11,13-14,17H,5,9-10,12,20H2,1-4H3. The summed E-state index contributed by atoms with van der Waals surface area (Å²) in [6.07, 6.45) is 2.25. The molecule has 2 N–H and O–H groups in total. The molecule has 0 bridgehead atoms. The summed E-state index contributed by atoms with van der Waals surface area (Å²) in [5.41, 5.74) is 7.45. The van der Waals surface area contributed by atoms with E-state index in [0.717, 1.165) is 31.6 Å². The van der Waals surface area contributed by atoms with E-state index in [-0.39, 0.29) is 11.2 Å². The zero-order chi connectivity index (χ0) is 15.6. The first kappa shape index (κ1) is 16.3. The lowest BCUT2D eigenvalue weighted by Gasteiger charge is -2.48. The van der Waals surface area contributed by atoms with E-state index in [1.165, 1.54) is 6.07 Å². The van der Waals surface area contributed by atoms with Crippen molar-refractivity contribution in [1.29, 1.82) is 0 Å². The molecule has 21 heavy (non-hydrogen) atoms. The highest BCUT2D eigenvalue weighted by molar-refractivity contribution is 5.46. The minimum Gasteiger partial charge on any atom is -0.371 e. The summed E-state index contributed by atoms with van der Waals surface area (Å²) in [5, 5.41) is 0. The molecule has 0 heterocycles. The number of rotatable bonds is 4. The number of nitrogens with two attached hydrogens (primary N) is 1. The molecule has 0 radical (unpaired) electrons. The smallest absolute Gasteiger partial charge is 0.125 e. The topological polar surface area (TPSA) is 29.3 Å². The maximum atomic E-state index is 13.5. The molecule has 118 valence electrons. The van der Waals surface area contributed by atoms with Crippen molar-refractivity contribution in [3.05, 3.63) is 30.1 Å². The molecule has 0 aliphatic heterocycles. The lowest BCUT2D eigenvalue weighted by molar-refractivity contribution is 0.0583. The van der Waals surface area contributed by atoms with E-state index in [4.69, 9.17) is 5.73 Å². The highest BCUT2D eigenvalue weighted by Gasteiger charge is 2.41. The molecule has 0 amide bonds. The lowest BCUT2D eigenvalue weighted by Crippen LogP contribution is -2.50. The Bertz CT molecular complexity index is 472. The first-order chi connectivity index (χ1) is 9.86. The van der Waals surface area contributed by atoms with Gasteiger partial charge in [-0.15, -0.1) is 0 Å². The van der Waals surface area contributed by atoms with Crippen molar-refractivity contribution >= 4 is 5.69 Å². The van der Waals surface area contributed by atoms with Gasteiger partial charge < -0.3 is 10.6 Å². The quantitative estimate of drug-likeness (QED) is 0.907. The van der Waals surface area contributed by atoms with Crippen molar-refractivity contribution in [3.8, 4) is 0 Å². The van der Waals surface area contributed by atoms with E-state index in [9.17, 15) is 4.39 Å². The highest BCUT2D eigenvalue weighted by atomic mass is 19.1. The molecule has 1 fully saturated rings.